The first kappa shape index (κ1) is 12.4. The van der Waals surface area contributed by atoms with Gasteiger partial charge in [0.05, 0.1) is 5.69 Å². The molecule has 2 heterocycles. The van der Waals surface area contributed by atoms with Crippen LogP contribution < -0.4 is 10.0 Å². The molecule has 0 saturated carbocycles. The van der Waals surface area contributed by atoms with Gasteiger partial charge in [0.25, 0.3) is 0 Å². The second-order valence-corrected chi connectivity index (χ2v) is 6.16. The molecule has 0 aliphatic carbocycles. The zero-order valence-electron chi connectivity index (χ0n) is 9.63. The Morgan fingerprint density at radius 2 is 2.35 bits per heavy atom. The van der Waals surface area contributed by atoms with Gasteiger partial charge in [-0.1, -0.05) is 0 Å². The number of nitrogens with one attached hydrogen (secondary N) is 2. The quantitative estimate of drug-likeness (QED) is 0.780. The largest absolute Gasteiger partial charge is 0.315 e. The van der Waals surface area contributed by atoms with Gasteiger partial charge >= 0.3 is 0 Å². The molecule has 1 aliphatic heterocycles. The molecule has 1 aliphatic rings. The zero-order valence-corrected chi connectivity index (χ0v) is 10.4. The number of sulfonamides is 1. The van der Waals surface area contributed by atoms with Crippen LogP contribution >= 0.6 is 0 Å². The molecule has 0 aromatic carbocycles. The van der Waals surface area contributed by atoms with Gasteiger partial charge in [0, 0.05) is 31.2 Å². The molecule has 1 unspecified atom stereocenters. The van der Waals surface area contributed by atoms with Crippen molar-refractivity contribution in [2.24, 2.45) is 0 Å². The minimum atomic E-state index is -3.39. The molecule has 2 rings (SSSR count). The molecule has 2 N–H and O–H groups in total. The number of nitrogens with zero attached hydrogens (tertiary/aromatic N) is 2. The summed E-state index contributed by atoms with van der Waals surface area (Å²) in [6, 6.07) is -0.0147. The third-order valence-electron chi connectivity index (χ3n) is 2.86. The average molecular weight is 256 g/mol. The maximum atomic E-state index is 12.1. The van der Waals surface area contributed by atoms with Gasteiger partial charge in [0.2, 0.25) is 10.0 Å². The van der Waals surface area contributed by atoms with Crippen LogP contribution in [-0.4, -0.2) is 37.5 Å². The lowest BCUT2D eigenvalue weighted by molar-refractivity contribution is 0.549. The summed E-state index contributed by atoms with van der Waals surface area (Å²) in [5.74, 6) is 0. The maximum Gasteiger partial charge on any atom is 0.220 e. The fourth-order valence-corrected chi connectivity index (χ4v) is 3.08. The summed E-state index contributed by atoms with van der Waals surface area (Å²) in [6.45, 7) is 3.16. The highest BCUT2D eigenvalue weighted by molar-refractivity contribution is 7.89. The molecule has 0 bridgehead atoms. The average Bonchev–Trinajstić information content (AvgIpc) is 2.81. The van der Waals surface area contributed by atoms with E-state index in [1.165, 1.54) is 18.6 Å². The fraction of sp³-hybridized carbons (Fsp3) is 0.600. The summed E-state index contributed by atoms with van der Waals surface area (Å²) in [6.07, 6.45) is 5.33. The number of aromatic nitrogens is 2. The fourth-order valence-electron chi connectivity index (χ4n) is 1.77. The van der Waals surface area contributed by atoms with Gasteiger partial charge in [-0.3, -0.25) is 9.97 Å². The lowest BCUT2D eigenvalue weighted by Crippen LogP contribution is -2.38. The minimum Gasteiger partial charge on any atom is -0.315 e. The van der Waals surface area contributed by atoms with Crippen LogP contribution in [0.5, 0.6) is 0 Å². The standard InChI is InChI=1S/C10H16N4O2S/c1-8(10-7-12-4-5-13-10)17(15,16)14-9-2-3-11-6-9/h4-5,7-9,11,14H,2-3,6H2,1H3/t8?,9-/m0/s1. The number of hydrogen-bond acceptors (Lipinski definition) is 5. The Hall–Kier alpha value is -1.05. The highest BCUT2D eigenvalue weighted by Crippen LogP contribution is 2.18. The predicted octanol–water partition coefficient (Wildman–Crippen LogP) is -0.181. The van der Waals surface area contributed by atoms with Crippen molar-refractivity contribution in [2.75, 3.05) is 13.1 Å². The van der Waals surface area contributed by atoms with Crippen LogP contribution in [0.3, 0.4) is 0 Å². The first-order chi connectivity index (χ1) is 8.09. The Balaban J connectivity index is 2.09. The van der Waals surface area contributed by atoms with Crippen LogP contribution in [0.2, 0.25) is 0 Å². The third-order valence-corrected chi connectivity index (χ3v) is 4.69. The summed E-state index contributed by atoms with van der Waals surface area (Å²) < 4.78 is 26.9. The normalized spacial score (nSPS) is 22.5. The topological polar surface area (TPSA) is 84.0 Å². The summed E-state index contributed by atoms with van der Waals surface area (Å²) in [7, 11) is -3.39. The summed E-state index contributed by atoms with van der Waals surface area (Å²) in [5, 5.41) is 2.44. The van der Waals surface area contributed by atoms with Crippen molar-refractivity contribution in [3.05, 3.63) is 24.3 Å². The van der Waals surface area contributed by atoms with Gasteiger partial charge in [0.15, 0.2) is 0 Å². The molecule has 7 heteroatoms. The van der Waals surface area contributed by atoms with Crippen molar-refractivity contribution in [1.82, 2.24) is 20.0 Å². The van der Waals surface area contributed by atoms with Gasteiger partial charge in [-0.25, -0.2) is 13.1 Å². The number of rotatable bonds is 4. The highest BCUT2D eigenvalue weighted by atomic mass is 32.2. The molecule has 1 saturated heterocycles. The van der Waals surface area contributed by atoms with E-state index >= 15 is 0 Å². The van der Waals surface area contributed by atoms with E-state index < -0.39 is 15.3 Å². The lowest BCUT2D eigenvalue weighted by Gasteiger charge is -2.16. The van der Waals surface area contributed by atoms with Gasteiger partial charge in [-0.05, 0) is 19.9 Å². The van der Waals surface area contributed by atoms with Gasteiger partial charge in [0.1, 0.15) is 5.25 Å². The van der Waals surface area contributed by atoms with E-state index in [1.807, 2.05) is 0 Å². The van der Waals surface area contributed by atoms with Crippen molar-refractivity contribution < 1.29 is 8.42 Å². The summed E-state index contributed by atoms with van der Waals surface area (Å²) in [5.41, 5.74) is 0.464. The van der Waals surface area contributed by atoms with Gasteiger partial charge in [-0.15, -0.1) is 0 Å². The molecule has 94 valence electrons. The lowest BCUT2D eigenvalue weighted by atomic mass is 10.3. The highest BCUT2D eigenvalue weighted by Gasteiger charge is 2.28. The smallest absolute Gasteiger partial charge is 0.220 e. The van der Waals surface area contributed by atoms with Crippen molar-refractivity contribution >= 4 is 10.0 Å². The molecule has 0 amide bonds. The van der Waals surface area contributed by atoms with E-state index in [4.69, 9.17) is 0 Å². The summed E-state index contributed by atoms with van der Waals surface area (Å²) >= 11 is 0. The van der Waals surface area contributed by atoms with E-state index in [-0.39, 0.29) is 6.04 Å². The molecule has 1 fully saturated rings. The summed E-state index contributed by atoms with van der Waals surface area (Å²) in [4.78, 5) is 7.91. The Bertz CT molecular complexity index is 456. The second kappa shape index (κ2) is 5.07. The van der Waals surface area contributed by atoms with Crippen LogP contribution in [0, 0.1) is 0 Å². The van der Waals surface area contributed by atoms with Crippen LogP contribution in [0.1, 0.15) is 24.3 Å². The van der Waals surface area contributed by atoms with Crippen molar-refractivity contribution in [3.8, 4) is 0 Å². The van der Waals surface area contributed by atoms with Gasteiger partial charge in [-0.2, -0.15) is 0 Å². The molecule has 2 atom stereocenters. The Morgan fingerprint density at radius 3 is 2.94 bits per heavy atom. The molecular weight excluding hydrogens is 240 g/mol. The van der Waals surface area contributed by atoms with Gasteiger partial charge < -0.3 is 5.32 Å². The molecular formula is C10H16N4O2S. The molecule has 0 radical (unpaired) electrons. The van der Waals surface area contributed by atoms with Crippen LogP contribution in [-0.2, 0) is 10.0 Å². The number of hydrogen-bond donors (Lipinski definition) is 2. The third kappa shape index (κ3) is 2.99. The Morgan fingerprint density at radius 1 is 1.53 bits per heavy atom. The Labute approximate surface area is 101 Å². The predicted molar refractivity (Wildman–Crippen MR) is 63.8 cm³/mol. The SMILES string of the molecule is CC(c1cnccn1)S(=O)(=O)N[C@H]1CCNC1. The molecule has 17 heavy (non-hydrogen) atoms. The minimum absolute atomic E-state index is 0.0147. The Kier molecular flexibility index (Phi) is 3.70. The second-order valence-electron chi connectivity index (χ2n) is 4.13. The first-order valence-electron chi connectivity index (χ1n) is 5.57. The first-order valence-corrected chi connectivity index (χ1v) is 7.12. The van der Waals surface area contributed by atoms with E-state index in [1.54, 1.807) is 6.92 Å². The van der Waals surface area contributed by atoms with Crippen molar-refractivity contribution in [1.29, 1.82) is 0 Å². The van der Waals surface area contributed by atoms with Crippen LogP contribution in [0.4, 0.5) is 0 Å². The molecule has 1 aromatic heterocycles. The molecule has 1 aromatic rings. The molecule has 6 nitrogen and oxygen atoms in total. The molecule has 0 spiro atoms. The zero-order chi connectivity index (χ0) is 12.3. The van der Waals surface area contributed by atoms with Crippen LogP contribution in [0.25, 0.3) is 0 Å². The van der Waals surface area contributed by atoms with E-state index in [0.29, 0.717) is 12.2 Å². The monoisotopic (exact) mass is 256 g/mol. The van der Waals surface area contributed by atoms with Crippen molar-refractivity contribution in [3.63, 3.8) is 0 Å². The maximum absolute atomic E-state index is 12.1. The van der Waals surface area contributed by atoms with E-state index in [9.17, 15) is 8.42 Å². The van der Waals surface area contributed by atoms with Crippen LogP contribution in [0.15, 0.2) is 18.6 Å². The van der Waals surface area contributed by atoms with Crippen molar-refractivity contribution in [2.45, 2.75) is 24.6 Å². The van der Waals surface area contributed by atoms with E-state index in [2.05, 4.69) is 20.0 Å². The van der Waals surface area contributed by atoms with E-state index in [0.717, 1.165) is 13.0 Å².